The maximum atomic E-state index is 2.31. The lowest BCUT2D eigenvalue weighted by Crippen LogP contribution is -2.30. The molecule has 4 rings (SSSR count). The normalized spacial score (nSPS) is 11.2. The molecule has 4 aromatic rings. The monoisotopic (exact) mass is 327 g/mol. The molecule has 0 radical (unpaired) electrons. The van der Waals surface area contributed by atoms with Crippen molar-refractivity contribution in [2.24, 2.45) is 7.05 Å². The summed E-state index contributed by atoms with van der Waals surface area (Å²) in [5.41, 5.74) is 5.04. The van der Waals surface area contributed by atoms with Crippen molar-refractivity contribution in [3.05, 3.63) is 72.4 Å². The molecule has 0 atom stereocenters. The van der Waals surface area contributed by atoms with Gasteiger partial charge >= 0.3 is 0 Å². The lowest BCUT2D eigenvalue weighted by molar-refractivity contribution is -0.659. The number of rotatable bonds is 2. The summed E-state index contributed by atoms with van der Waals surface area (Å²) < 4.78 is 2.24. The largest absolute Gasteiger partial charge is 0.378 e. The first kappa shape index (κ1) is 15.6. The Morgan fingerprint density at radius 1 is 0.760 bits per heavy atom. The van der Waals surface area contributed by atoms with Gasteiger partial charge in [0.1, 0.15) is 7.05 Å². The molecule has 0 spiro atoms. The van der Waals surface area contributed by atoms with Gasteiger partial charge in [-0.3, -0.25) is 0 Å². The minimum Gasteiger partial charge on any atom is -0.378 e. The molecule has 0 fully saturated rings. The summed E-state index contributed by atoms with van der Waals surface area (Å²) in [6, 6.07) is 22.1. The molecule has 0 aliphatic rings. The molecule has 3 aromatic carbocycles. The van der Waals surface area contributed by atoms with Crippen LogP contribution in [0.4, 0.5) is 5.69 Å². The number of nitrogens with zero attached hydrogens (tertiary/aromatic N) is 2. The van der Waals surface area contributed by atoms with Crippen molar-refractivity contribution < 1.29 is 4.57 Å². The highest BCUT2D eigenvalue weighted by atomic mass is 15.1. The van der Waals surface area contributed by atoms with Crippen molar-refractivity contribution in [2.75, 3.05) is 19.0 Å². The van der Waals surface area contributed by atoms with E-state index in [4.69, 9.17) is 0 Å². The van der Waals surface area contributed by atoms with E-state index in [1.54, 1.807) is 0 Å². The average Bonchev–Trinajstić information content (AvgIpc) is 2.60. The molecule has 0 aliphatic carbocycles. The number of fused-ring (bicyclic) bond motifs is 2. The van der Waals surface area contributed by atoms with E-state index in [0.717, 1.165) is 0 Å². The standard InChI is InChI=1S/C23H23N2/c1-16-9-10-21(24(2)3)14-22(16)23-13-19-11-17-7-5-6-8-18(17)12-20(19)15-25(23)4/h5-15H,1-4H3/q+1. The minimum atomic E-state index is 1.22. The summed E-state index contributed by atoms with van der Waals surface area (Å²) >= 11 is 0. The molecule has 0 amide bonds. The maximum absolute atomic E-state index is 2.31. The Kier molecular flexibility index (Phi) is 3.69. The topological polar surface area (TPSA) is 7.12 Å². The van der Waals surface area contributed by atoms with Gasteiger partial charge in [0.05, 0.1) is 5.56 Å². The van der Waals surface area contributed by atoms with Crippen molar-refractivity contribution in [3.63, 3.8) is 0 Å². The Hall–Kier alpha value is -2.87. The van der Waals surface area contributed by atoms with E-state index in [-0.39, 0.29) is 0 Å². The van der Waals surface area contributed by atoms with Gasteiger partial charge in [-0.15, -0.1) is 0 Å². The first-order valence-corrected chi connectivity index (χ1v) is 8.63. The van der Waals surface area contributed by atoms with Gasteiger partial charge in [-0.1, -0.05) is 30.3 Å². The van der Waals surface area contributed by atoms with Crippen LogP contribution in [0.25, 0.3) is 32.8 Å². The third kappa shape index (κ3) is 2.74. The molecule has 0 N–H and O–H groups in total. The fourth-order valence-electron chi connectivity index (χ4n) is 3.47. The lowest BCUT2D eigenvalue weighted by atomic mass is 10.00. The molecule has 25 heavy (non-hydrogen) atoms. The van der Waals surface area contributed by atoms with Gasteiger partial charge in [-0.2, -0.15) is 0 Å². The van der Waals surface area contributed by atoms with Crippen LogP contribution in [0.2, 0.25) is 0 Å². The molecule has 124 valence electrons. The van der Waals surface area contributed by atoms with Crippen molar-refractivity contribution >= 4 is 27.2 Å². The maximum Gasteiger partial charge on any atom is 0.213 e. The van der Waals surface area contributed by atoms with Crippen molar-refractivity contribution in [1.82, 2.24) is 0 Å². The van der Waals surface area contributed by atoms with Crippen LogP contribution in [0.3, 0.4) is 0 Å². The van der Waals surface area contributed by atoms with E-state index in [9.17, 15) is 0 Å². The van der Waals surface area contributed by atoms with Gasteiger partial charge in [-0.05, 0) is 52.9 Å². The molecule has 0 saturated heterocycles. The SMILES string of the molecule is Cc1ccc(N(C)C)cc1-c1cc2cc3ccccc3cc2c[n+]1C. The van der Waals surface area contributed by atoms with Crippen LogP contribution in [0.5, 0.6) is 0 Å². The average molecular weight is 327 g/mol. The highest BCUT2D eigenvalue weighted by molar-refractivity contribution is 5.98. The summed E-state index contributed by atoms with van der Waals surface area (Å²) in [5.74, 6) is 0. The van der Waals surface area contributed by atoms with Gasteiger partial charge in [0.2, 0.25) is 5.69 Å². The van der Waals surface area contributed by atoms with E-state index in [0.29, 0.717) is 0 Å². The third-order valence-electron chi connectivity index (χ3n) is 4.97. The molecular formula is C23H23N2+. The van der Waals surface area contributed by atoms with Crippen LogP contribution >= 0.6 is 0 Å². The summed E-state index contributed by atoms with van der Waals surface area (Å²) in [6.07, 6.45) is 2.24. The molecular weight excluding hydrogens is 304 g/mol. The van der Waals surface area contributed by atoms with Gasteiger partial charge in [0.15, 0.2) is 6.20 Å². The molecule has 0 saturated carbocycles. The van der Waals surface area contributed by atoms with E-state index in [2.05, 4.69) is 104 Å². The van der Waals surface area contributed by atoms with Crippen molar-refractivity contribution in [1.29, 1.82) is 0 Å². The number of aryl methyl sites for hydroxylation is 2. The highest BCUT2D eigenvalue weighted by Gasteiger charge is 2.15. The zero-order valence-corrected chi connectivity index (χ0v) is 15.2. The minimum absolute atomic E-state index is 1.22. The van der Waals surface area contributed by atoms with Crippen LogP contribution in [0, 0.1) is 6.92 Å². The number of pyridine rings is 1. The zero-order valence-electron chi connectivity index (χ0n) is 15.2. The number of hydrogen-bond donors (Lipinski definition) is 0. The Balaban J connectivity index is 1.97. The predicted molar refractivity (Wildman–Crippen MR) is 107 cm³/mol. The molecule has 2 nitrogen and oxygen atoms in total. The van der Waals surface area contributed by atoms with Crippen molar-refractivity contribution in [2.45, 2.75) is 6.92 Å². The molecule has 0 unspecified atom stereocenters. The summed E-state index contributed by atoms with van der Waals surface area (Å²) in [6.45, 7) is 2.18. The van der Waals surface area contributed by atoms with Crippen LogP contribution in [-0.4, -0.2) is 14.1 Å². The molecule has 2 heteroatoms. The quantitative estimate of drug-likeness (QED) is 0.377. The second-order valence-corrected chi connectivity index (χ2v) is 6.99. The van der Waals surface area contributed by atoms with Gasteiger partial charge in [-0.25, -0.2) is 4.57 Å². The Labute approximate surface area is 149 Å². The number of anilines is 1. The third-order valence-corrected chi connectivity index (χ3v) is 4.97. The van der Waals surface area contributed by atoms with Gasteiger partial charge in [0.25, 0.3) is 0 Å². The Morgan fingerprint density at radius 2 is 1.44 bits per heavy atom. The second kappa shape index (κ2) is 5.89. The zero-order chi connectivity index (χ0) is 17.6. The smallest absolute Gasteiger partial charge is 0.213 e. The van der Waals surface area contributed by atoms with Crippen molar-refractivity contribution in [3.8, 4) is 11.3 Å². The molecule has 1 heterocycles. The first-order chi connectivity index (χ1) is 12.0. The van der Waals surface area contributed by atoms with Crippen LogP contribution in [0.1, 0.15) is 5.56 Å². The number of benzene rings is 3. The Morgan fingerprint density at radius 3 is 2.12 bits per heavy atom. The van der Waals surface area contributed by atoms with Crippen LogP contribution in [-0.2, 0) is 7.05 Å². The number of aromatic nitrogens is 1. The predicted octanol–water partition coefficient (Wildman–Crippen LogP) is 4.86. The lowest BCUT2D eigenvalue weighted by Gasteiger charge is -2.15. The summed E-state index contributed by atoms with van der Waals surface area (Å²) in [5, 5.41) is 5.12. The van der Waals surface area contributed by atoms with Crippen LogP contribution in [0.15, 0.2) is 66.9 Å². The summed E-state index contributed by atoms with van der Waals surface area (Å²) in [4.78, 5) is 2.15. The van der Waals surface area contributed by atoms with E-state index >= 15 is 0 Å². The fourth-order valence-corrected chi connectivity index (χ4v) is 3.47. The van der Waals surface area contributed by atoms with Crippen LogP contribution < -0.4 is 9.47 Å². The summed E-state index contributed by atoms with van der Waals surface area (Å²) in [7, 11) is 6.30. The first-order valence-electron chi connectivity index (χ1n) is 8.63. The fraction of sp³-hybridized carbons (Fsp3) is 0.174. The molecule has 0 bridgehead atoms. The van der Waals surface area contributed by atoms with E-state index in [1.165, 1.54) is 44.1 Å². The van der Waals surface area contributed by atoms with Gasteiger partial charge in [0, 0.05) is 31.2 Å². The second-order valence-electron chi connectivity index (χ2n) is 6.99. The van der Waals surface area contributed by atoms with E-state index in [1.807, 2.05) is 0 Å². The molecule has 1 aromatic heterocycles. The number of hydrogen-bond acceptors (Lipinski definition) is 1. The van der Waals surface area contributed by atoms with Gasteiger partial charge < -0.3 is 4.90 Å². The highest BCUT2D eigenvalue weighted by Crippen LogP contribution is 2.29. The van der Waals surface area contributed by atoms with E-state index < -0.39 is 0 Å². The Bertz CT molecular complexity index is 1090. The molecule has 0 aliphatic heterocycles.